The van der Waals surface area contributed by atoms with Crippen LogP contribution in [0.2, 0.25) is 0 Å². The summed E-state index contributed by atoms with van der Waals surface area (Å²) in [4.78, 5) is 17.0. The van der Waals surface area contributed by atoms with E-state index in [2.05, 4.69) is 4.98 Å². The highest BCUT2D eigenvalue weighted by Gasteiger charge is 2.23. The fourth-order valence-corrected chi connectivity index (χ4v) is 2.75. The van der Waals surface area contributed by atoms with Crippen LogP contribution in [0, 0.1) is 0 Å². The summed E-state index contributed by atoms with van der Waals surface area (Å²) in [5.41, 5.74) is 1.64. The van der Waals surface area contributed by atoms with E-state index in [0.717, 1.165) is 11.6 Å². The zero-order valence-electron chi connectivity index (χ0n) is 14.7. The molecular formula is C20H19NO5. The Balaban J connectivity index is 2.42. The Morgan fingerprint density at radius 3 is 2.69 bits per heavy atom. The summed E-state index contributed by atoms with van der Waals surface area (Å²) in [7, 11) is 1.36. The molecule has 0 unspecified atom stereocenters. The normalized spacial score (nSPS) is 10.7. The number of aromatic hydroxyl groups is 2. The van der Waals surface area contributed by atoms with Crippen molar-refractivity contribution < 1.29 is 19.4 Å². The molecule has 0 aliphatic rings. The predicted octanol–water partition coefficient (Wildman–Crippen LogP) is 3.78. The molecule has 0 aliphatic heterocycles. The van der Waals surface area contributed by atoms with Gasteiger partial charge in [0.25, 0.3) is 0 Å². The van der Waals surface area contributed by atoms with Gasteiger partial charge in [-0.25, -0.2) is 0 Å². The van der Waals surface area contributed by atoms with Crippen LogP contribution in [0.3, 0.4) is 0 Å². The Morgan fingerprint density at radius 2 is 2.08 bits per heavy atom. The molecule has 0 amide bonds. The Kier molecular flexibility index (Phi) is 4.67. The van der Waals surface area contributed by atoms with Gasteiger partial charge in [0.05, 0.1) is 7.11 Å². The van der Waals surface area contributed by atoms with Crippen molar-refractivity contribution in [2.24, 2.45) is 0 Å². The van der Waals surface area contributed by atoms with Crippen LogP contribution in [0.15, 0.2) is 51.5 Å². The van der Waals surface area contributed by atoms with Gasteiger partial charge in [-0.3, -0.25) is 9.78 Å². The van der Waals surface area contributed by atoms with Gasteiger partial charge in [-0.15, -0.1) is 0 Å². The van der Waals surface area contributed by atoms with E-state index in [1.54, 1.807) is 24.5 Å². The van der Waals surface area contributed by atoms with Gasteiger partial charge in [0.2, 0.25) is 11.2 Å². The van der Waals surface area contributed by atoms with Gasteiger partial charge in [-0.05, 0) is 32.4 Å². The average Bonchev–Trinajstić information content (AvgIpc) is 2.61. The number of methoxy groups -OCH3 is 1. The third-order valence-electron chi connectivity index (χ3n) is 4.03. The van der Waals surface area contributed by atoms with Crippen LogP contribution in [0.4, 0.5) is 0 Å². The molecule has 2 aromatic heterocycles. The van der Waals surface area contributed by atoms with E-state index < -0.39 is 5.43 Å². The number of allylic oxidation sites excluding steroid dienone is 2. The number of benzene rings is 1. The van der Waals surface area contributed by atoms with E-state index in [9.17, 15) is 15.0 Å². The number of phenols is 2. The highest BCUT2D eigenvalue weighted by Crippen LogP contribution is 2.38. The topological polar surface area (TPSA) is 92.8 Å². The van der Waals surface area contributed by atoms with Crippen LogP contribution in [0.1, 0.15) is 19.4 Å². The largest absolute Gasteiger partial charge is 0.507 e. The molecule has 0 bridgehead atoms. The SMILES string of the molecule is COc1c(-c2cccnc2)oc2c(CC=C(C)C)c(O)cc(O)c2c1=O. The second-order valence-corrected chi connectivity index (χ2v) is 6.12. The van der Waals surface area contributed by atoms with Gasteiger partial charge in [-0.2, -0.15) is 0 Å². The van der Waals surface area contributed by atoms with Crippen LogP contribution < -0.4 is 10.2 Å². The molecule has 1 aromatic carbocycles. The van der Waals surface area contributed by atoms with Crippen molar-refractivity contribution in [1.82, 2.24) is 4.98 Å². The molecule has 3 rings (SSSR count). The van der Waals surface area contributed by atoms with Gasteiger partial charge in [0.15, 0.2) is 5.76 Å². The fraction of sp³-hybridized carbons (Fsp3) is 0.200. The van der Waals surface area contributed by atoms with E-state index in [-0.39, 0.29) is 34.0 Å². The standard InChI is InChI=1S/C20H19NO5/c1-11(2)6-7-13-14(22)9-15(23)16-17(24)20(25-3)18(26-19(13)16)12-5-4-8-21-10-12/h4-6,8-10,22-23H,7H2,1-3H3. The number of phenolic OH excluding ortho intramolecular Hbond substituents is 2. The predicted molar refractivity (Wildman–Crippen MR) is 98.7 cm³/mol. The first-order valence-electron chi connectivity index (χ1n) is 8.06. The maximum Gasteiger partial charge on any atom is 0.239 e. The Labute approximate surface area is 150 Å². The summed E-state index contributed by atoms with van der Waals surface area (Å²) < 4.78 is 11.2. The van der Waals surface area contributed by atoms with Crippen molar-refractivity contribution in [3.05, 3.63) is 58.0 Å². The molecule has 134 valence electrons. The maximum atomic E-state index is 12.9. The first-order valence-corrected chi connectivity index (χ1v) is 8.06. The molecule has 2 heterocycles. The summed E-state index contributed by atoms with van der Waals surface area (Å²) in [5, 5.41) is 20.5. The molecule has 0 saturated carbocycles. The summed E-state index contributed by atoms with van der Waals surface area (Å²) in [5.74, 6) is -0.331. The second-order valence-electron chi connectivity index (χ2n) is 6.12. The summed E-state index contributed by atoms with van der Waals surface area (Å²) >= 11 is 0. The third kappa shape index (κ3) is 3.01. The lowest BCUT2D eigenvalue weighted by atomic mass is 10.0. The Hall–Kier alpha value is -3.28. The van der Waals surface area contributed by atoms with Crippen LogP contribution in [-0.4, -0.2) is 22.3 Å². The summed E-state index contributed by atoms with van der Waals surface area (Å²) in [6, 6.07) is 4.59. The number of nitrogens with zero attached hydrogens (tertiary/aromatic N) is 1. The molecular weight excluding hydrogens is 334 g/mol. The highest BCUT2D eigenvalue weighted by molar-refractivity contribution is 5.91. The Morgan fingerprint density at radius 1 is 1.31 bits per heavy atom. The molecule has 2 N–H and O–H groups in total. The van der Waals surface area contributed by atoms with Crippen molar-refractivity contribution in [3.63, 3.8) is 0 Å². The van der Waals surface area contributed by atoms with E-state index in [0.29, 0.717) is 17.5 Å². The number of ether oxygens (including phenoxy) is 1. The number of aromatic nitrogens is 1. The van der Waals surface area contributed by atoms with E-state index in [4.69, 9.17) is 9.15 Å². The molecule has 6 nitrogen and oxygen atoms in total. The average molecular weight is 353 g/mol. The lowest BCUT2D eigenvalue weighted by molar-refractivity contribution is 0.396. The third-order valence-corrected chi connectivity index (χ3v) is 4.03. The number of pyridine rings is 1. The molecule has 6 heteroatoms. The molecule has 26 heavy (non-hydrogen) atoms. The van der Waals surface area contributed by atoms with Crippen LogP contribution in [0.5, 0.6) is 17.2 Å². The molecule has 0 fully saturated rings. The van der Waals surface area contributed by atoms with Crippen molar-refractivity contribution in [2.75, 3.05) is 7.11 Å². The number of rotatable bonds is 4. The van der Waals surface area contributed by atoms with Crippen molar-refractivity contribution in [3.8, 4) is 28.6 Å². The van der Waals surface area contributed by atoms with Crippen LogP contribution in [-0.2, 0) is 6.42 Å². The minimum absolute atomic E-state index is 0.0237. The quantitative estimate of drug-likeness (QED) is 0.693. The van der Waals surface area contributed by atoms with Crippen molar-refractivity contribution in [2.45, 2.75) is 20.3 Å². The number of hydrogen-bond donors (Lipinski definition) is 2. The summed E-state index contributed by atoms with van der Waals surface area (Å²) in [6.45, 7) is 3.86. The lowest BCUT2D eigenvalue weighted by Gasteiger charge is -2.13. The van der Waals surface area contributed by atoms with E-state index in [1.165, 1.54) is 7.11 Å². The zero-order chi connectivity index (χ0) is 18.8. The second kappa shape index (κ2) is 6.92. The maximum absolute atomic E-state index is 12.9. The van der Waals surface area contributed by atoms with Gasteiger partial charge in [-0.1, -0.05) is 11.6 Å². The van der Waals surface area contributed by atoms with Crippen LogP contribution >= 0.6 is 0 Å². The van der Waals surface area contributed by atoms with Gasteiger partial charge < -0.3 is 19.4 Å². The summed E-state index contributed by atoms with van der Waals surface area (Å²) in [6.07, 6.45) is 5.41. The number of hydrogen-bond acceptors (Lipinski definition) is 6. The van der Waals surface area contributed by atoms with E-state index >= 15 is 0 Å². The van der Waals surface area contributed by atoms with Gasteiger partial charge in [0.1, 0.15) is 22.5 Å². The monoisotopic (exact) mass is 353 g/mol. The molecule has 0 spiro atoms. The molecule has 3 aromatic rings. The lowest BCUT2D eigenvalue weighted by Crippen LogP contribution is -2.09. The Bertz CT molecular complexity index is 1050. The van der Waals surface area contributed by atoms with Crippen LogP contribution in [0.25, 0.3) is 22.3 Å². The fourth-order valence-electron chi connectivity index (χ4n) is 2.75. The minimum atomic E-state index is -0.511. The smallest absolute Gasteiger partial charge is 0.239 e. The van der Waals surface area contributed by atoms with Crippen molar-refractivity contribution >= 4 is 11.0 Å². The first-order chi connectivity index (χ1) is 12.4. The molecule has 0 atom stereocenters. The first kappa shape index (κ1) is 17.5. The zero-order valence-corrected chi connectivity index (χ0v) is 14.7. The van der Waals surface area contributed by atoms with Gasteiger partial charge in [0, 0.05) is 29.6 Å². The minimum Gasteiger partial charge on any atom is -0.507 e. The molecule has 0 radical (unpaired) electrons. The highest BCUT2D eigenvalue weighted by atomic mass is 16.5. The molecule has 0 saturated heterocycles. The van der Waals surface area contributed by atoms with E-state index in [1.807, 2.05) is 19.9 Å². The number of fused-ring (bicyclic) bond motifs is 1. The van der Waals surface area contributed by atoms with Crippen molar-refractivity contribution in [1.29, 1.82) is 0 Å². The van der Waals surface area contributed by atoms with Gasteiger partial charge >= 0.3 is 0 Å². The molecule has 0 aliphatic carbocycles.